The first-order chi connectivity index (χ1) is 13.9. The van der Waals surface area contributed by atoms with E-state index in [1.54, 1.807) is 91.9 Å². The zero-order valence-corrected chi connectivity index (χ0v) is 17.0. The van der Waals surface area contributed by atoms with Crippen molar-refractivity contribution in [1.29, 1.82) is 0 Å². The summed E-state index contributed by atoms with van der Waals surface area (Å²) in [6.07, 6.45) is 3.36. The zero-order chi connectivity index (χ0) is 20.9. The van der Waals surface area contributed by atoms with Gasteiger partial charge in [-0.3, -0.25) is 4.79 Å². The van der Waals surface area contributed by atoms with E-state index in [1.807, 2.05) is 0 Å². The van der Waals surface area contributed by atoms with E-state index < -0.39 is 13.1 Å². The van der Waals surface area contributed by atoms with Crippen molar-refractivity contribution in [3.8, 4) is 11.5 Å². The van der Waals surface area contributed by atoms with Crippen molar-refractivity contribution < 1.29 is 18.4 Å². The third-order valence-corrected chi connectivity index (χ3v) is 5.95. The fourth-order valence-corrected chi connectivity index (χ4v) is 4.22. The molecule has 0 aliphatic heterocycles. The third-order valence-electron chi connectivity index (χ3n) is 4.31. The predicted octanol–water partition coefficient (Wildman–Crippen LogP) is 6.77. The molecular weight excluding hydrogens is 383 g/mol. The molecule has 5 heteroatoms. The second-order valence-electron chi connectivity index (χ2n) is 6.35. The molecule has 0 radical (unpaired) electrons. The molecule has 3 aromatic carbocycles. The van der Waals surface area contributed by atoms with E-state index in [2.05, 4.69) is 13.2 Å². The van der Waals surface area contributed by atoms with E-state index in [9.17, 15) is 9.36 Å². The van der Waals surface area contributed by atoms with E-state index in [0.717, 1.165) is 11.1 Å². The van der Waals surface area contributed by atoms with Crippen LogP contribution in [0.2, 0.25) is 0 Å². The minimum Gasteiger partial charge on any atom is -0.411 e. The average molecular weight is 404 g/mol. The van der Waals surface area contributed by atoms with Crippen LogP contribution in [0.4, 0.5) is 0 Å². The Hall–Kier alpha value is -3.36. The van der Waals surface area contributed by atoms with Gasteiger partial charge >= 0.3 is 7.60 Å². The van der Waals surface area contributed by atoms with Crippen LogP contribution in [0, 0.1) is 6.92 Å². The number of carbonyl (C=O) groups excluding carboxylic acids is 1. The van der Waals surface area contributed by atoms with Gasteiger partial charge in [-0.15, -0.1) is 0 Å². The molecule has 0 N–H and O–H groups in total. The van der Waals surface area contributed by atoms with Crippen LogP contribution < -0.4 is 9.05 Å². The van der Waals surface area contributed by atoms with Gasteiger partial charge in [0.2, 0.25) is 0 Å². The number of benzene rings is 3. The molecule has 0 aliphatic rings. The molecule has 3 rings (SSSR count). The Balaban J connectivity index is 1.99. The van der Waals surface area contributed by atoms with Crippen LogP contribution in [-0.2, 0) is 4.57 Å². The van der Waals surface area contributed by atoms with Crippen molar-refractivity contribution >= 4 is 25.3 Å². The normalized spacial score (nSPS) is 10.8. The summed E-state index contributed by atoms with van der Waals surface area (Å²) in [4.78, 5) is 13.2. The first kappa shape index (κ1) is 20.4. The van der Waals surface area contributed by atoms with Crippen LogP contribution in [0.3, 0.4) is 0 Å². The molecule has 0 unspecified atom stereocenters. The van der Waals surface area contributed by atoms with Gasteiger partial charge in [0, 0.05) is 5.56 Å². The van der Waals surface area contributed by atoms with Crippen molar-refractivity contribution in [2.24, 2.45) is 0 Å². The second-order valence-corrected chi connectivity index (χ2v) is 8.11. The summed E-state index contributed by atoms with van der Waals surface area (Å²) in [5.41, 5.74) is 2.03. The molecule has 0 bridgehead atoms. The summed E-state index contributed by atoms with van der Waals surface area (Å²) in [5, 5.41) is 0. The van der Waals surface area contributed by atoms with Gasteiger partial charge in [0.15, 0.2) is 0 Å². The Bertz CT molecular complexity index is 1030. The van der Waals surface area contributed by atoms with Crippen LogP contribution in [0.5, 0.6) is 11.5 Å². The lowest BCUT2D eigenvalue weighted by Crippen LogP contribution is -2.13. The number of hydrogen-bond acceptors (Lipinski definition) is 4. The lowest BCUT2D eigenvalue weighted by atomic mass is 10.1. The SMILES string of the molecule is C=Cc1ccc(OP(=O)(Oc2ccc(C=C)cc2)C(=O)c2ccccc2C)cc1. The molecule has 0 heterocycles. The Morgan fingerprint density at radius 3 is 1.66 bits per heavy atom. The highest BCUT2D eigenvalue weighted by molar-refractivity contribution is 7.73. The van der Waals surface area contributed by atoms with Crippen molar-refractivity contribution in [3.05, 3.63) is 108 Å². The van der Waals surface area contributed by atoms with Crippen LogP contribution >= 0.6 is 7.60 Å². The molecule has 4 nitrogen and oxygen atoms in total. The maximum absolute atomic E-state index is 13.7. The lowest BCUT2D eigenvalue weighted by molar-refractivity contribution is 0.104. The van der Waals surface area contributed by atoms with Crippen LogP contribution in [-0.4, -0.2) is 5.52 Å². The van der Waals surface area contributed by atoms with Gasteiger partial charge in [-0.2, -0.15) is 0 Å². The van der Waals surface area contributed by atoms with Crippen LogP contribution in [0.1, 0.15) is 27.0 Å². The standard InChI is InChI=1S/C24H21O4P/c1-4-19-10-14-21(15-11-19)27-29(26,24(25)23-9-7-6-8-18(23)3)28-22-16-12-20(5-2)13-17-22/h4-17H,1-2H2,3H3. The van der Waals surface area contributed by atoms with Crippen molar-refractivity contribution in [2.45, 2.75) is 6.92 Å². The van der Waals surface area contributed by atoms with Gasteiger partial charge in [-0.25, -0.2) is 4.57 Å². The van der Waals surface area contributed by atoms with Crippen LogP contribution in [0.15, 0.2) is 86.0 Å². The first-order valence-electron chi connectivity index (χ1n) is 9.00. The molecule has 0 amide bonds. The first-order valence-corrected chi connectivity index (χ1v) is 10.5. The topological polar surface area (TPSA) is 52.6 Å². The molecule has 0 fully saturated rings. The van der Waals surface area contributed by atoms with Gasteiger partial charge in [0.1, 0.15) is 11.5 Å². The minimum absolute atomic E-state index is 0.267. The Labute approximate surface area is 170 Å². The maximum atomic E-state index is 13.7. The molecule has 29 heavy (non-hydrogen) atoms. The average Bonchev–Trinajstić information content (AvgIpc) is 2.74. The van der Waals surface area contributed by atoms with Gasteiger partial charge in [0.25, 0.3) is 5.52 Å². The molecule has 0 saturated carbocycles. The van der Waals surface area contributed by atoms with Crippen molar-refractivity contribution in [1.82, 2.24) is 0 Å². The fourth-order valence-electron chi connectivity index (χ4n) is 2.67. The zero-order valence-electron chi connectivity index (χ0n) is 16.1. The second kappa shape index (κ2) is 8.76. The molecule has 3 aromatic rings. The summed E-state index contributed by atoms with van der Waals surface area (Å²) in [6.45, 7) is 9.18. The molecule has 0 saturated heterocycles. The van der Waals surface area contributed by atoms with Crippen molar-refractivity contribution in [2.75, 3.05) is 0 Å². The molecule has 0 aliphatic carbocycles. The van der Waals surface area contributed by atoms with E-state index in [4.69, 9.17) is 9.05 Å². The maximum Gasteiger partial charge on any atom is 0.503 e. The quantitative estimate of drug-likeness (QED) is 0.389. The lowest BCUT2D eigenvalue weighted by Gasteiger charge is -2.19. The third kappa shape index (κ3) is 4.74. The molecule has 0 spiro atoms. The summed E-state index contributed by atoms with van der Waals surface area (Å²) in [6, 6.07) is 20.4. The smallest absolute Gasteiger partial charge is 0.411 e. The van der Waals surface area contributed by atoms with E-state index in [-0.39, 0.29) is 11.5 Å². The number of rotatable bonds is 8. The van der Waals surface area contributed by atoms with E-state index >= 15 is 0 Å². The minimum atomic E-state index is -4.24. The highest BCUT2D eigenvalue weighted by Crippen LogP contribution is 2.51. The highest BCUT2D eigenvalue weighted by atomic mass is 31.2. The van der Waals surface area contributed by atoms with Gasteiger partial charge in [0.05, 0.1) is 0 Å². The molecule has 0 atom stereocenters. The predicted molar refractivity (Wildman–Crippen MR) is 117 cm³/mol. The Kier molecular flexibility index (Phi) is 6.16. The van der Waals surface area contributed by atoms with E-state index in [0.29, 0.717) is 11.1 Å². The largest absolute Gasteiger partial charge is 0.503 e. The summed E-state index contributed by atoms with van der Waals surface area (Å²) in [7, 11) is -4.24. The van der Waals surface area contributed by atoms with Crippen LogP contribution in [0.25, 0.3) is 12.2 Å². The van der Waals surface area contributed by atoms with Crippen molar-refractivity contribution in [3.63, 3.8) is 0 Å². The summed E-state index contributed by atoms with van der Waals surface area (Å²) >= 11 is 0. The van der Waals surface area contributed by atoms with E-state index in [1.165, 1.54) is 0 Å². The highest BCUT2D eigenvalue weighted by Gasteiger charge is 2.40. The molecular formula is C24H21O4P. The molecule has 0 aromatic heterocycles. The fraction of sp³-hybridized carbons (Fsp3) is 0.0417. The van der Waals surface area contributed by atoms with Gasteiger partial charge < -0.3 is 9.05 Å². The summed E-state index contributed by atoms with van der Waals surface area (Å²) < 4.78 is 25.0. The van der Waals surface area contributed by atoms with Gasteiger partial charge in [-0.1, -0.05) is 73.8 Å². The Morgan fingerprint density at radius 2 is 1.24 bits per heavy atom. The number of carbonyl (C=O) groups is 1. The van der Waals surface area contributed by atoms with Gasteiger partial charge in [-0.05, 0) is 47.9 Å². The monoisotopic (exact) mass is 404 g/mol. The summed E-state index contributed by atoms with van der Waals surface area (Å²) in [5.74, 6) is 0.534. The number of aryl methyl sites for hydroxylation is 1. The molecule has 146 valence electrons. The number of hydrogen-bond donors (Lipinski definition) is 0. The Morgan fingerprint density at radius 1 is 0.793 bits per heavy atom.